The fourth-order valence-corrected chi connectivity index (χ4v) is 10.7. The van der Waals surface area contributed by atoms with Crippen LogP contribution in [0.2, 0.25) is 0 Å². The molecule has 0 aliphatic carbocycles. The van der Waals surface area contributed by atoms with E-state index in [1.807, 2.05) is 6.08 Å². The van der Waals surface area contributed by atoms with Gasteiger partial charge in [0, 0.05) is 12.8 Å². The van der Waals surface area contributed by atoms with E-state index in [-0.39, 0.29) is 18.5 Å². The zero-order chi connectivity index (χ0) is 58.7. The molecule has 6 N–H and O–H groups in total. The Kier molecular flexibility index (Phi) is 56.2. The van der Waals surface area contributed by atoms with Gasteiger partial charge in [0.1, 0.15) is 24.4 Å². The number of ether oxygens (including phenoxy) is 3. The van der Waals surface area contributed by atoms with Crippen molar-refractivity contribution in [3.8, 4) is 0 Å². The molecule has 1 fully saturated rings. The van der Waals surface area contributed by atoms with E-state index in [1.165, 1.54) is 231 Å². The van der Waals surface area contributed by atoms with Crippen molar-refractivity contribution in [2.24, 2.45) is 0 Å². The monoisotopic (exact) mass is 1140 g/mol. The molecule has 1 amide bonds. The van der Waals surface area contributed by atoms with Crippen LogP contribution in [0.15, 0.2) is 48.6 Å². The Morgan fingerprint density at radius 1 is 0.457 bits per heavy atom. The van der Waals surface area contributed by atoms with Crippen molar-refractivity contribution in [1.82, 2.24) is 5.32 Å². The van der Waals surface area contributed by atoms with E-state index in [0.717, 1.165) is 64.2 Å². The number of hydrogen-bond donors (Lipinski definition) is 6. The van der Waals surface area contributed by atoms with Crippen LogP contribution in [0.3, 0.4) is 0 Å². The minimum Gasteiger partial charge on any atom is -0.466 e. The third-order valence-electron chi connectivity index (χ3n) is 16.2. The Morgan fingerprint density at radius 3 is 1.27 bits per heavy atom. The minimum absolute atomic E-state index is 0.00319. The standard InChI is InChI=1S/C70H129NO10/c1-3-5-7-9-11-13-14-15-16-17-29-32-35-38-42-46-50-54-58-66(75)79-59-55-51-47-43-39-36-33-30-27-25-23-21-19-18-20-22-24-26-28-31-34-37-41-45-49-53-57-65(74)71-62(63(73)56-52-48-44-40-12-10-8-6-4-2)61-80-70-69(78)68(77)67(76)64(60-72)81-70/h13-14,16-18,20,52,56,62-64,67-70,72-73,76-78H,3-12,15,19,21-51,53-55,57-61H2,1-2H3,(H,71,74)/b14-13-,17-16-,20-18-,56-52+. The molecule has 1 aliphatic rings. The molecule has 0 aromatic rings. The van der Waals surface area contributed by atoms with Gasteiger partial charge >= 0.3 is 5.97 Å². The maximum atomic E-state index is 13.0. The van der Waals surface area contributed by atoms with Crippen molar-refractivity contribution in [2.45, 2.75) is 365 Å². The van der Waals surface area contributed by atoms with Gasteiger partial charge < -0.3 is 45.1 Å². The van der Waals surface area contributed by atoms with Crippen LogP contribution in [0.5, 0.6) is 0 Å². The summed E-state index contributed by atoms with van der Waals surface area (Å²) >= 11 is 0. The maximum Gasteiger partial charge on any atom is 0.305 e. The van der Waals surface area contributed by atoms with E-state index in [2.05, 4.69) is 55.6 Å². The van der Waals surface area contributed by atoms with Crippen molar-refractivity contribution in [3.63, 3.8) is 0 Å². The second-order valence-corrected chi connectivity index (χ2v) is 23.9. The van der Waals surface area contributed by atoms with Crippen molar-refractivity contribution in [2.75, 3.05) is 19.8 Å². The van der Waals surface area contributed by atoms with E-state index in [4.69, 9.17) is 14.2 Å². The molecule has 0 aromatic carbocycles. The molecule has 1 aliphatic heterocycles. The number of aliphatic hydroxyl groups excluding tert-OH is 5. The van der Waals surface area contributed by atoms with Crippen molar-refractivity contribution >= 4 is 11.9 Å². The molecule has 0 spiro atoms. The molecule has 81 heavy (non-hydrogen) atoms. The number of unbranched alkanes of at least 4 members (excludes halogenated alkanes) is 40. The lowest BCUT2D eigenvalue weighted by Gasteiger charge is -2.40. The number of rotatable bonds is 60. The fraction of sp³-hybridized carbons (Fsp3) is 0.857. The molecular weight excluding hydrogens is 1010 g/mol. The lowest BCUT2D eigenvalue weighted by atomic mass is 9.99. The van der Waals surface area contributed by atoms with Crippen molar-refractivity contribution < 1.29 is 49.3 Å². The van der Waals surface area contributed by atoms with Crippen LogP contribution in [0.1, 0.15) is 322 Å². The predicted molar refractivity (Wildman–Crippen MR) is 338 cm³/mol. The number of aliphatic hydroxyl groups is 5. The highest BCUT2D eigenvalue weighted by molar-refractivity contribution is 5.76. The summed E-state index contributed by atoms with van der Waals surface area (Å²) in [4.78, 5) is 25.1. The van der Waals surface area contributed by atoms with Crippen LogP contribution in [0.25, 0.3) is 0 Å². The number of amides is 1. The molecule has 11 nitrogen and oxygen atoms in total. The van der Waals surface area contributed by atoms with Crippen LogP contribution in [-0.4, -0.2) is 100 Å². The van der Waals surface area contributed by atoms with Crippen LogP contribution >= 0.6 is 0 Å². The van der Waals surface area contributed by atoms with Gasteiger partial charge in [0.2, 0.25) is 5.91 Å². The number of carbonyl (C=O) groups is 2. The summed E-state index contributed by atoms with van der Waals surface area (Å²) in [7, 11) is 0. The summed E-state index contributed by atoms with van der Waals surface area (Å²) in [6.07, 6.45) is 66.8. The first kappa shape index (κ1) is 76.6. The zero-order valence-electron chi connectivity index (χ0n) is 52.5. The molecule has 0 aromatic heterocycles. The van der Waals surface area contributed by atoms with Gasteiger partial charge in [-0.1, -0.05) is 268 Å². The Hall–Kier alpha value is -2.38. The number of esters is 1. The highest BCUT2D eigenvalue weighted by Crippen LogP contribution is 2.23. The zero-order valence-corrected chi connectivity index (χ0v) is 52.5. The molecule has 7 atom stereocenters. The minimum atomic E-state index is -1.57. The van der Waals surface area contributed by atoms with Gasteiger partial charge in [-0.25, -0.2) is 0 Å². The maximum absolute atomic E-state index is 13.0. The normalized spacial score (nSPS) is 18.5. The summed E-state index contributed by atoms with van der Waals surface area (Å²) in [6.45, 7) is 4.31. The lowest BCUT2D eigenvalue weighted by molar-refractivity contribution is -0.302. The van der Waals surface area contributed by atoms with Gasteiger partial charge in [-0.3, -0.25) is 9.59 Å². The fourth-order valence-electron chi connectivity index (χ4n) is 10.7. The van der Waals surface area contributed by atoms with E-state index in [9.17, 15) is 35.1 Å². The van der Waals surface area contributed by atoms with E-state index in [0.29, 0.717) is 19.4 Å². The van der Waals surface area contributed by atoms with Crippen LogP contribution < -0.4 is 5.32 Å². The predicted octanol–water partition coefficient (Wildman–Crippen LogP) is 17.2. The lowest BCUT2D eigenvalue weighted by Crippen LogP contribution is -2.60. The Bertz CT molecular complexity index is 1480. The highest BCUT2D eigenvalue weighted by atomic mass is 16.7. The molecule has 11 heteroatoms. The average molecular weight is 1140 g/mol. The Morgan fingerprint density at radius 2 is 0.827 bits per heavy atom. The van der Waals surface area contributed by atoms with E-state index < -0.39 is 49.5 Å². The average Bonchev–Trinajstić information content (AvgIpc) is 3.47. The Labute approximate surface area is 497 Å². The molecular formula is C70H129NO10. The molecule has 1 saturated heterocycles. The molecule has 7 unspecified atom stereocenters. The summed E-state index contributed by atoms with van der Waals surface area (Å²) in [6, 6.07) is -0.811. The summed E-state index contributed by atoms with van der Waals surface area (Å²) in [5, 5.41) is 54.3. The molecule has 474 valence electrons. The van der Waals surface area contributed by atoms with Crippen LogP contribution in [-0.2, 0) is 23.8 Å². The molecule has 1 heterocycles. The molecule has 0 radical (unpaired) electrons. The highest BCUT2D eigenvalue weighted by Gasteiger charge is 2.44. The first-order valence-electron chi connectivity index (χ1n) is 34.4. The second kappa shape index (κ2) is 59.4. The van der Waals surface area contributed by atoms with Gasteiger partial charge in [-0.2, -0.15) is 0 Å². The Balaban J connectivity index is 1.93. The topological polar surface area (TPSA) is 175 Å². The van der Waals surface area contributed by atoms with Gasteiger partial charge in [0.15, 0.2) is 6.29 Å². The SMILES string of the molecule is CCCCCC/C=C\C/C=C\CCCCCCCCCC(=O)OCCCCCCCCCCCCCC/C=C\CCCCCCCCCCCCC(=O)NC(COC1OC(CO)C(O)C(O)C1O)C(O)/C=C/CCCCCCCCC. The summed E-state index contributed by atoms with van der Waals surface area (Å²) in [5.74, 6) is -0.189. The first-order chi connectivity index (χ1) is 39.7. The van der Waals surface area contributed by atoms with Gasteiger partial charge in [-0.05, 0) is 89.9 Å². The molecule has 0 bridgehead atoms. The molecule has 0 saturated carbocycles. The smallest absolute Gasteiger partial charge is 0.305 e. The van der Waals surface area contributed by atoms with E-state index >= 15 is 0 Å². The van der Waals surface area contributed by atoms with Crippen molar-refractivity contribution in [1.29, 1.82) is 0 Å². The molecule has 1 rings (SSSR count). The van der Waals surface area contributed by atoms with Crippen LogP contribution in [0.4, 0.5) is 0 Å². The number of hydrogen-bond acceptors (Lipinski definition) is 10. The number of nitrogens with one attached hydrogen (secondary N) is 1. The van der Waals surface area contributed by atoms with Gasteiger partial charge in [0.05, 0.1) is 32.0 Å². The summed E-state index contributed by atoms with van der Waals surface area (Å²) < 4.78 is 16.7. The van der Waals surface area contributed by atoms with E-state index in [1.54, 1.807) is 6.08 Å². The second-order valence-electron chi connectivity index (χ2n) is 23.9. The number of allylic oxidation sites excluding steroid dienone is 7. The van der Waals surface area contributed by atoms with Crippen molar-refractivity contribution in [3.05, 3.63) is 48.6 Å². The third-order valence-corrected chi connectivity index (χ3v) is 16.2. The largest absolute Gasteiger partial charge is 0.466 e. The van der Waals surface area contributed by atoms with Gasteiger partial charge in [0.25, 0.3) is 0 Å². The van der Waals surface area contributed by atoms with Crippen LogP contribution in [0, 0.1) is 0 Å². The van der Waals surface area contributed by atoms with Gasteiger partial charge in [-0.15, -0.1) is 0 Å². The quantitative estimate of drug-likeness (QED) is 0.0195. The third kappa shape index (κ3) is 48.5. The summed E-state index contributed by atoms with van der Waals surface area (Å²) in [5.41, 5.74) is 0. The first-order valence-corrected chi connectivity index (χ1v) is 34.4. The number of carbonyl (C=O) groups excluding carboxylic acids is 2.